The third-order valence-corrected chi connectivity index (χ3v) is 5.31. The van der Waals surface area contributed by atoms with Gasteiger partial charge in [-0.2, -0.15) is 4.98 Å². The lowest BCUT2D eigenvalue weighted by molar-refractivity contribution is -0.192. The summed E-state index contributed by atoms with van der Waals surface area (Å²) >= 11 is 0. The van der Waals surface area contributed by atoms with Gasteiger partial charge in [0.25, 0.3) is 5.56 Å². The summed E-state index contributed by atoms with van der Waals surface area (Å²) in [5.41, 5.74) is -1.35. The number of nitrogens with zero attached hydrogens (tertiary/aromatic N) is 3. The topological polar surface area (TPSA) is 158 Å². The van der Waals surface area contributed by atoms with Crippen molar-refractivity contribution >= 4 is 29.0 Å². The number of aliphatic hydroxyl groups is 1. The zero-order chi connectivity index (χ0) is 23.6. The molecule has 3 N–H and O–H groups in total. The van der Waals surface area contributed by atoms with Crippen molar-refractivity contribution in [1.29, 1.82) is 0 Å². The molecule has 0 aliphatic carbocycles. The molecule has 0 radical (unpaired) electrons. The fourth-order valence-corrected chi connectivity index (χ4v) is 3.76. The van der Waals surface area contributed by atoms with E-state index in [0.717, 1.165) is 5.56 Å². The second-order valence-electron chi connectivity index (χ2n) is 7.60. The lowest BCUT2D eigenvalue weighted by Crippen LogP contribution is -2.52. The third kappa shape index (κ3) is 4.35. The number of methoxy groups -OCH3 is 1. The number of aliphatic hydroxyl groups excluding tert-OH is 1. The fourth-order valence-electron chi connectivity index (χ4n) is 3.76. The second kappa shape index (κ2) is 9.10. The number of carbonyl (C=O) groups excluding carboxylic acids is 2. The number of rotatable bonds is 7. The molecule has 0 spiro atoms. The van der Waals surface area contributed by atoms with Crippen LogP contribution in [0.15, 0.2) is 41.5 Å². The molecular formula is C21H23N5O7. The Morgan fingerprint density at radius 3 is 2.82 bits per heavy atom. The van der Waals surface area contributed by atoms with E-state index >= 15 is 0 Å². The van der Waals surface area contributed by atoms with Crippen LogP contribution in [0.1, 0.15) is 25.1 Å². The third-order valence-electron chi connectivity index (χ3n) is 5.31. The van der Waals surface area contributed by atoms with E-state index < -0.39 is 35.4 Å². The SMILES string of the molecule is COC(=O)[C@]1(COCc2ccccc2)O[C@H](n2cnc3nc(NC(C)=O)[nH]c(=O)c32)C[C@@H]1O. The van der Waals surface area contributed by atoms with Crippen molar-refractivity contribution in [2.24, 2.45) is 0 Å². The number of aromatic amines is 1. The molecule has 3 heterocycles. The number of carbonyl (C=O) groups is 2. The van der Waals surface area contributed by atoms with Crippen molar-refractivity contribution in [3.63, 3.8) is 0 Å². The van der Waals surface area contributed by atoms with Gasteiger partial charge in [0.2, 0.25) is 17.5 Å². The first-order chi connectivity index (χ1) is 15.8. The molecule has 1 aromatic carbocycles. The monoisotopic (exact) mass is 457 g/mol. The fraction of sp³-hybridized carbons (Fsp3) is 0.381. The summed E-state index contributed by atoms with van der Waals surface area (Å²) in [6.07, 6.45) is -0.893. The average Bonchev–Trinajstić information content (AvgIpc) is 3.35. The normalized spacial score (nSPS) is 22.4. The van der Waals surface area contributed by atoms with Crippen molar-refractivity contribution < 1.29 is 28.9 Å². The molecule has 33 heavy (non-hydrogen) atoms. The van der Waals surface area contributed by atoms with Crippen LogP contribution in [0.3, 0.4) is 0 Å². The number of benzene rings is 1. The molecule has 0 unspecified atom stereocenters. The van der Waals surface area contributed by atoms with Gasteiger partial charge in [0.15, 0.2) is 11.2 Å². The number of hydrogen-bond donors (Lipinski definition) is 3. The van der Waals surface area contributed by atoms with Gasteiger partial charge < -0.3 is 19.3 Å². The van der Waals surface area contributed by atoms with Crippen LogP contribution in [0.2, 0.25) is 0 Å². The maximum Gasteiger partial charge on any atom is 0.343 e. The smallest absolute Gasteiger partial charge is 0.343 e. The van der Waals surface area contributed by atoms with Gasteiger partial charge in [-0.05, 0) is 5.56 Å². The van der Waals surface area contributed by atoms with Crippen molar-refractivity contribution in [1.82, 2.24) is 19.5 Å². The van der Waals surface area contributed by atoms with E-state index in [1.54, 1.807) is 0 Å². The molecule has 3 atom stereocenters. The highest BCUT2D eigenvalue weighted by molar-refractivity contribution is 5.87. The van der Waals surface area contributed by atoms with E-state index in [-0.39, 0.29) is 36.7 Å². The van der Waals surface area contributed by atoms with Crippen LogP contribution in [0, 0.1) is 0 Å². The minimum absolute atomic E-state index is 0.0257. The molecule has 174 valence electrons. The van der Waals surface area contributed by atoms with Crippen LogP contribution < -0.4 is 10.9 Å². The first-order valence-corrected chi connectivity index (χ1v) is 10.1. The van der Waals surface area contributed by atoms with Crippen LogP contribution in [-0.4, -0.2) is 61.9 Å². The molecule has 0 saturated carbocycles. The molecule has 2 aromatic heterocycles. The molecule has 12 nitrogen and oxygen atoms in total. The van der Waals surface area contributed by atoms with Crippen LogP contribution >= 0.6 is 0 Å². The molecule has 4 rings (SSSR count). The summed E-state index contributed by atoms with van der Waals surface area (Å²) in [4.78, 5) is 47.2. The second-order valence-corrected chi connectivity index (χ2v) is 7.60. The van der Waals surface area contributed by atoms with Gasteiger partial charge in [0, 0.05) is 13.3 Å². The van der Waals surface area contributed by atoms with Crippen molar-refractivity contribution in [3.05, 3.63) is 52.6 Å². The van der Waals surface area contributed by atoms with Gasteiger partial charge in [-0.25, -0.2) is 9.78 Å². The molecule has 12 heteroatoms. The maximum atomic E-state index is 12.6. The van der Waals surface area contributed by atoms with Gasteiger partial charge in [0.05, 0.1) is 26.7 Å². The predicted molar refractivity (Wildman–Crippen MR) is 114 cm³/mol. The Morgan fingerprint density at radius 1 is 1.36 bits per heavy atom. The van der Waals surface area contributed by atoms with E-state index in [1.165, 1.54) is 24.9 Å². The van der Waals surface area contributed by atoms with Crippen LogP contribution in [0.4, 0.5) is 5.95 Å². The van der Waals surface area contributed by atoms with Crippen molar-refractivity contribution in [2.75, 3.05) is 19.0 Å². The van der Waals surface area contributed by atoms with Crippen molar-refractivity contribution in [3.8, 4) is 0 Å². The largest absolute Gasteiger partial charge is 0.467 e. The molecule has 0 bridgehead atoms. The zero-order valence-electron chi connectivity index (χ0n) is 18.0. The molecular weight excluding hydrogens is 434 g/mol. The van der Waals surface area contributed by atoms with Crippen LogP contribution in [0.5, 0.6) is 0 Å². The van der Waals surface area contributed by atoms with Gasteiger partial charge in [-0.3, -0.25) is 24.5 Å². The Balaban J connectivity index is 1.60. The summed E-state index contributed by atoms with van der Waals surface area (Å²) in [5, 5.41) is 13.2. The van der Waals surface area contributed by atoms with Gasteiger partial charge in [-0.15, -0.1) is 0 Å². The highest BCUT2D eigenvalue weighted by atomic mass is 16.6. The van der Waals surface area contributed by atoms with Crippen LogP contribution in [-0.2, 0) is 30.4 Å². The number of anilines is 1. The van der Waals surface area contributed by atoms with Crippen LogP contribution in [0.25, 0.3) is 11.2 Å². The van der Waals surface area contributed by atoms with Gasteiger partial charge >= 0.3 is 5.97 Å². The molecule has 3 aromatic rings. The summed E-state index contributed by atoms with van der Waals surface area (Å²) in [6.45, 7) is 1.22. The molecule has 1 fully saturated rings. The van der Waals surface area contributed by atoms with E-state index in [0.29, 0.717) is 0 Å². The average molecular weight is 457 g/mol. The minimum Gasteiger partial charge on any atom is -0.467 e. The number of aromatic nitrogens is 4. The number of fused-ring (bicyclic) bond motifs is 1. The minimum atomic E-state index is -1.79. The predicted octanol–water partition coefficient (Wildman–Crippen LogP) is 0.486. The lowest BCUT2D eigenvalue weighted by Gasteiger charge is -2.29. The quantitative estimate of drug-likeness (QED) is 0.429. The zero-order valence-corrected chi connectivity index (χ0v) is 18.0. The Hall–Kier alpha value is -3.61. The summed E-state index contributed by atoms with van der Waals surface area (Å²) in [5.74, 6) is -1.25. The van der Waals surface area contributed by atoms with E-state index in [2.05, 4.69) is 20.3 Å². The first-order valence-electron chi connectivity index (χ1n) is 10.1. The molecule has 1 amide bonds. The number of H-pyrrole nitrogens is 1. The summed E-state index contributed by atoms with van der Waals surface area (Å²) < 4.78 is 17.9. The molecule has 1 aliphatic rings. The van der Waals surface area contributed by atoms with E-state index in [9.17, 15) is 19.5 Å². The van der Waals surface area contributed by atoms with Gasteiger partial charge in [-0.1, -0.05) is 30.3 Å². The molecule has 1 aliphatic heterocycles. The first kappa shape index (κ1) is 22.6. The lowest BCUT2D eigenvalue weighted by atomic mass is 9.98. The Kier molecular flexibility index (Phi) is 6.22. The van der Waals surface area contributed by atoms with Gasteiger partial charge in [0.1, 0.15) is 12.3 Å². The number of ether oxygens (including phenoxy) is 3. The maximum absolute atomic E-state index is 12.6. The Labute approximate surface area is 187 Å². The molecule has 1 saturated heterocycles. The number of esters is 1. The number of amides is 1. The number of nitrogens with one attached hydrogen (secondary N) is 2. The van der Waals surface area contributed by atoms with E-state index in [1.807, 2.05) is 30.3 Å². The highest BCUT2D eigenvalue weighted by Crippen LogP contribution is 2.39. The Bertz CT molecular complexity index is 1220. The number of hydrogen-bond acceptors (Lipinski definition) is 9. The standard InChI is InChI=1S/C21H23N5O7/c1-12(27)23-20-24-17-16(18(29)25-20)26(11-22-17)15-8-14(28)21(33-15,19(30)31-2)10-32-9-13-6-4-3-5-7-13/h3-7,11,14-15,28H,8-10H2,1-2H3,(H2,23,24,25,27,29)/t14-,15-,21+/m0/s1. The summed E-state index contributed by atoms with van der Waals surface area (Å²) in [7, 11) is 1.19. The number of imidazole rings is 1. The highest BCUT2D eigenvalue weighted by Gasteiger charge is 2.56. The van der Waals surface area contributed by atoms with E-state index in [4.69, 9.17) is 14.2 Å². The Morgan fingerprint density at radius 2 is 2.12 bits per heavy atom. The summed E-state index contributed by atoms with van der Waals surface area (Å²) in [6, 6.07) is 9.33. The van der Waals surface area contributed by atoms with Crippen molar-refractivity contribution in [2.45, 2.75) is 37.9 Å².